The van der Waals surface area contributed by atoms with Crippen molar-refractivity contribution >= 4 is 34.8 Å². The van der Waals surface area contributed by atoms with E-state index in [1.165, 1.54) is 12.1 Å². The highest BCUT2D eigenvalue weighted by molar-refractivity contribution is 6.42. The number of amides is 1. The molecule has 1 N–H and O–H groups in total. The Balaban J connectivity index is 2.11. The Morgan fingerprint density at radius 2 is 1.95 bits per heavy atom. The Morgan fingerprint density at radius 3 is 2.65 bits per heavy atom. The van der Waals surface area contributed by atoms with Gasteiger partial charge in [0.15, 0.2) is 0 Å². The molecule has 0 fully saturated rings. The molecule has 0 spiro atoms. The van der Waals surface area contributed by atoms with Crippen LogP contribution < -0.4 is 10.9 Å². The van der Waals surface area contributed by atoms with Crippen LogP contribution >= 0.6 is 23.2 Å². The maximum absolute atomic E-state index is 13.0. The smallest absolute Gasteiger partial charge is 0.251 e. The maximum Gasteiger partial charge on any atom is 0.251 e. The summed E-state index contributed by atoms with van der Waals surface area (Å²) in [5.74, 6) is -1.07. The van der Waals surface area contributed by atoms with Crippen LogP contribution in [0.15, 0.2) is 41.3 Å². The van der Waals surface area contributed by atoms with Crippen LogP contribution in [0.25, 0.3) is 0 Å². The average molecular weight is 315 g/mol. The molecule has 104 valence electrons. The summed E-state index contributed by atoms with van der Waals surface area (Å²) < 4.78 is 14.0. The number of nitrogens with one attached hydrogen (secondary N) is 1. The largest absolute Gasteiger partial charge is 0.324 e. The van der Waals surface area contributed by atoms with Gasteiger partial charge in [0.2, 0.25) is 5.91 Å². The molecule has 4 nitrogen and oxygen atoms in total. The first-order valence-corrected chi connectivity index (χ1v) is 6.32. The van der Waals surface area contributed by atoms with Crippen molar-refractivity contribution in [1.29, 1.82) is 0 Å². The summed E-state index contributed by atoms with van der Waals surface area (Å²) in [6.45, 7) is -0.295. The molecular formula is C13H9Cl2FN2O2. The van der Waals surface area contributed by atoms with Gasteiger partial charge in [0.1, 0.15) is 12.4 Å². The molecule has 2 rings (SSSR count). The van der Waals surface area contributed by atoms with E-state index in [0.717, 1.165) is 22.9 Å². The number of nitrogens with zero attached hydrogens (tertiary/aromatic N) is 1. The molecule has 7 heteroatoms. The first-order valence-electron chi connectivity index (χ1n) is 5.56. The molecule has 0 aliphatic heterocycles. The lowest BCUT2D eigenvalue weighted by atomic mass is 10.3. The third-order valence-electron chi connectivity index (χ3n) is 2.46. The van der Waals surface area contributed by atoms with Crippen molar-refractivity contribution in [2.45, 2.75) is 6.54 Å². The van der Waals surface area contributed by atoms with E-state index in [-0.39, 0.29) is 6.54 Å². The Hall–Kier alpha value is -1.85. The summed E-state index contributed by atoms with van der Waals surface area (Å²) in [5, 5.41) is 3.21. The molecule has 1 heterocycles. The highest BCUT2D eigenvalue weighted by atomic mass is 35.5. The Morgan fingerprint density at radius 1 is 1.20 bits per heavy atom. The highest BCUT2D eigenvalue weighted by Crippen LogP contribution is 2.24. The summed E-state index contributed by atoms with van der Waals surface area (Å²) in [6, 6.07) is 6.68. The Labute approximate surface area is 123 Å². The maximum atomic E-state index is 13.0. The second kappa shape index (κ2) is 6.07. The molecule has 2 aromatic rings. The lowest BCUT2D eigenvalue weighted by Crippen LogP contribution is -2.27. The first kappa shape index (κ1) is 14.6. The highest BCUT2D eigenvalue weighted by Gasteiger charge is 2.07. The summed E-state index contributed by atoms with van der Waals surface area (Å²) in [7, 11) is 0. The van der Waals surface area contributed by atoms with Crippen LogP contribution in [-0.4, -0.2) is 10.5 Å². The van der Waals surface area contributed by atoms with Crippen molar-refractivity contribution in [3.8, 4) is 0 Å². The van der Waals surface area contributed by atoms with E-state index in [1.54, 1.807) is 6.07 Å². The Bertz CT molecular complexity index is 716. The number of rotatable bonds is 3. The van der Waals surface area contributed by atoms with E-state index < -0.39 is 17.3 Å². The molecular weight excluding hydrogens is 306 g/mol. The normalized spacial score (nSPS) is 10.3. The fourth-order valence-electron chi connectivity index (χ4n) is 1.55. The number of aromatic nitrogens is 1. The molecule has 0 saturated heterocycles. The second-order valence-electron chi connectivity index (χ2n) is 3.99. The fraction of sp³-hybridized carbons (Fsp3) is 0.0769. The van der Waals surface area contributed by atoms with Gasteiger partial charge in [0, 0.05) is 18.0 Å². The number of carbonyl (C=O) groups excluding carboxylic acids is 1. The summed E-state index contributed by atoms with van der Waals surface area (Å²) in [5.41, 5.74) is -0.0236. The molecule has 0 aliphatic carbocycles. The molecule has 0 radical (unpaired) electrons. The van der Waals surface area contributed by atoms with E-state index in [0.29, 0.717) is 15.7 Å². The first-order chi connectivity index (χ1) is 9.45. The van der Waals surface area contributed by atoms with Crippen LogP contribution in [0.2, 0.25) is 10.0 Å². The van der Waals surface area contributed by atoms with Crippen molar-refractivity contribution in [3.63, 3.8) is 0 Å². The van der Waals surface area contributed by atoms with Gasteiger partial charge in [-0.2, -0.15) is 0 Å². The number of anilines is 1. The van der Waals surface area contributed by atoms with E-state index in [9.17, 15) is 14.0 Å². The van der Waals surface area contributed by atoms with Gasteiger partial charge in [-0.05, 0) is 24.3 Å². The zero-order valence-electron chi connectivity index (χ0n) is 10.1. The van der Waals surface area contributed by atoms with E-state index in [4.69, 9.17) is 23.2 Å². The zero-order valence-corrected chi connectivity index (χ0v) is 11.6. The summed E-state index contributed by atoms with van der Waals surface area (Å²) in [6.07, 6.45) is 0.969. The fourth-order valence-corrected chi connectivity index (χ4v) is 1.85. The van der Waals surface area contributed by atoms with Crippen molar-refractivity contribution in [2.75, 3.05) is 5.32 Å². The Kier molecular flexibility index (Phi) is 4.42. The number of halogens is 3. The quantitative estimate of drug-likeness (QED) is 0.947. The molecule has 0 atom stereocenters. The lowest BCUT2D eigenvalue weighted by molar-refractivity contribution is -0.116. The van der Waals surface area contributed by atoms with Crippen molar-refractivity contribution < 1.29 is 9.18 Å². The number of hydrogen-bond acceptors (Lipinski definition) is 2. The molecule has 0 bridgehead atoms. The molecule has 0 unspecified atom stereocenters. The predicted molar refractivity (Wildman–Crippen MR) is 75.8 cm³/mol. The van der Waals surface area contributed by atoms with E-state index >= 15 is 0 Å². The minimum absolute atomic E-state index is 0.295. The van der Waals surface area contributed by atoms with Gasteiger partial charge < -0.3 is 9.88 Å². The van der Waals surface area contributed by atoms with Crippen LogP contribution in [0.3, 0.4) is 0 Å². The van der Waals surface area contributed by atoms with Crippen molar-refractivity contribution in [2.24, 2.45) is 0 Å². The molecule has 1 aromatic carbocycles. The monoisotopic (exact) mass is 314 g/mol. The third-order valence-corrected chi connectivity index (χ3v) is 3.20. The zero-order chi connectivity index (χ0) is 14.7. The van der Waals surface area contributed by atoms with Crippen molar-refractivity contribution in [3.05, 3.63) is 62.7 Å². The molecule has 1 aromatic heterocycles. The minimum Gasteiger partial charge on any atom is -0.324 e. The van der Waals surface area contributed by atoms with Crippen LogP contribution in [0.5, 0.6) is 0 Å². The topological polar surface area (TPSA) is 51.1 Å². The van der Waals surface area contributed by atoms with Gasteiger partial charge in [-0.1, -0.05) is 23.2 Å². The minimum atomic E-state index is -0.591. The van der Waals surface area contributed by atoms with Crippen molar-refractivity contribution in [1.82, 2.24) is 4.57 Å². The van der Waals surface area contributed by atoms with Gasteiger partial charge in [0.25, 0.3) is 5.56 Å². The SMILES string of the molecule is O=C(Cn1cc(F)ccc1=O)Nc1ccc(Cl)c(Cl)c1. The van der Waals surface area contributed by atoms with Crippen LogP contribution in [0.1, 0.15) is 0 Å². The van der Waals surface area contributed by atoms with Crippen LogP contribution in [-0.2, 0) is 11.3 Å². The molecule has 0 saturated carbocycles. The van der Waals surface area contributed by atoms with E-state index in [1.807, 2.05) is 0 Å². The number of carbonyl (C=O) groups is 1. The average Bonchev–Trinajstić information content (AvgIpc) is 2.38. The van der Waals surface area contributed by atoms with Gasteiger partial charge in [0.05, 0.1) is 10.0 Å². The number of benzene rings is 1. The molecule has 1 amide bonds. The van der Waals surface area contributed by atoms with Gasteiger partial charge in [-0.25, -0.2) is 4.39 Å². The third kappa shape index (κ3) is 3.59. The molecule has 0 aliphatic rings. The van der Waals surface area contributed by atoms with Crippen LogP contribution in [0.4, 0.5) is 10.1 Å². The van der Waals surface area contributed by atoms with E-state index in [2.05, 4.69) is 5.32 Å². The number of pyridine rings is 1. The van der Waals surface area contributed by atoms with Crippen LogP contribution in [0, 0.1) is 5.82 Å². The second-order valence-corrected chi connectivity index (χ2v) is 4.80. The predicted octanol–water partition coefficient (Wildman–Crippen LogP) is 2.93. The van der Waals surface area contributed by atoms with Gasteiger partial charge >= 0.3 is 0 Å². The standard InChI is InChI=1S/C13H9Cl2FN2O2/c14-10-3-2-9(5-11(10)15)17-12(19)7-18-6-8(16)1-4-13(18)20/h1-6H,7H2,(H,17,19). The summed E-state index contributed by atoms with van der Waals surface area (Å²) >= 11 is 11.6. The number of hydrogen-bond donors (Lipinski definition) is 1. The van der Waals surface area contributed by atoms with Gasteiger partial charge in [-0.15, -0.1) is 0 Å². The lowest BCUT2D eigenvalue weighted by Gasteiger charge is -2.08. The summed E-state index contributed by atoms with van der Waals surface area (Å²) in [4.78, 5) is 23.2. The molecule has 20 heavy (non-hydrogen) atoms. The van der Waals surface area contributed by atoms with Gasteiger partial charge in [-0.3, -0.25) is 9.59 Å².